The molecule has 1 aromatic heterocycles. The number of anilines is 2. The van der Waals surface area contributed by atoms with E-state index in [0.29, 0.717) is 47.7 Å². The van der Waals surface area contributed by atoms with Crippen LogP contribution in [0.25, 0.3) is 0 Å². The number of benzene rings is 1. The molecule has 1 amide bonds. The Hall–Kier alpha value is -2.68. The number of carboxylic acids is 1. The summed E-state index contributed by atoms with van der Waals surface area (Å²) in [4.78, 5) is 30.5. The molecular weight excluding hydrogens is 396 g/mol. The van der Waals surface area contributed by atoms with Gasteiger partial charge in [-0.2, -0.15) is 0 Å². The van der Waals surface area contributed by atoms with Gasteiger partial charge in [-0.3, -0.25) is 4.79 Å². The van der Waals surface area contributed by atoms with E-state index in [9.17, 15) is 14.7 Å². The molecule has 4 N–H and O–H groups in total. The highest BCUT2D eigenvalue weighted by Crippen LogP contribution is 2.27. The first kappa shape index (κ1) is 21.0. The van der Waals surface area contributed by atoms with Gasteiger partial charge in [-0.25, -0.2) is 9.78 Å². The van der Waals surface area contributed by atoms with Crippen molar-refractivity contribution in [3.63, 3.8) is 0 Å². The Morgan fingerprint density at radius 2 is 2.00 bits per heavy atom. The predicted octanol–water partition coefficient (Wildman–Crippen LogP) is 2.83. The molecule has 2 aromatic rings. The number of carbonyl (C=O) groups is 2. The van der Waals surface area contributed by atoms with Crippen LogP contribution in [-0.4, -0.2) is 48.4 Å². The number of nitrogens with two attached hydrogens (primary N) is 1. The smallest absolute Gasteiger partial charge is 0.339 e. The first-order valence-electron chi connectivity index (χ1n) is 9.31. The normalized spacial score (nSPS) is 14.6. The summed E-state index contributed by atoms with van der Waals surface area (Å²) in [5.41, 5.74) is 6.00. The number of halogens is 1. The molecule has 8 nitrogen and oxygen atoms in total. The zero-order chi connectivity index (χ0) is 20.8. The highest BCUT2D eigenvalue weighted by atomic mass is 35.5. The van der Waals surface area contributed by atoms with Crippen molar-refractivity contribution >= 4 is 35.0 Å². The molecule has 0 bridgehead atoms. The van der Waals surface area contributed by atoms with Crippen molar-refractivity contribution < 1.29 is 19.4 Å². The molecule has 9 heteroatoms. The van der Waals surface area contributed by atoms with Crippen LogP contribution >= 0.6 is 11.6 Å². The van der Waals surface area contributed by atoms with Gasteiger partial charge in [-0.1, -0.05) is 23.7 Å². The standard InChI is InChI=1S/C20H23ClN4O4/c21-17-4-2-1-3-15(17)19(26)24-14-9-16(20(27)28)18(23-10-14)25-7-5-13(6-8-25)11-29-12-22/h1-4,9-10,13H,5-8,11-12,22H2,(H,24,26)(H,27,28). The molecule has 0 unspecified atom stereocenters. The molecule has 2 heterocycles. The van der Waals surface area contributed by atoms with Crippen LogP contribution in [0.15, 0.2) is 36.5 Å². The summed E-state index contributed by atoms with van der Waals surface area (Å²) < 4.78 is 5.27. The lowest BCUT2D eigenvalue weighted by Gasteiger charge is -2.33. The topological polar surface area (TPSA) is 118 Å². The van der Waals surface area contributed by atoms with Crippen LogP contribution in [0.2, 0.25) is 5.02 Å². The first-order valence-corrected chi connectivity index (χ1v) is 9.69. The number of carbonyl (C=O) groups excluding carboxylic acids is 1. The fourth-order valence-electron chi connectivity index (χ4n) is 3.33. The van der Waals surface area contributed by atoms with Gasteiger partial charge in [0.15, 0.2) is 0 Å². The van der Waals surface area contributed by atoms with E-state index in [2.05, 4.69) is 10.3 Å². The molecule has 0 saturated carbocycles. The van der Waals surface area contributed by atoms with E-state index in [0.717, 1.165) is 12.8 Å². The van der Waals surface area contributed by atoms with Crippen molar-refractivity contribution in [3.05, 3.63) is 52.7 Å². The lowest BCUT2D eigenvalue weighted by molar-refractivity contribution is 0.0696. The quantitative estimate of drug-likeness (QED) is 0.591. The minimum Gasteiger partial charge on any atom is -0.478 e. The van der Waals surface area contributed by atoms with E-state index in [1.54, 1.807) is 24.3 Å². The van der Waals surface area contributed by atoms with Crippen LogP contribution in [0.1, 0.15) is 33.6 Å². The molecule has 1 fully saturated rings. The number of aromatic nitrogens is 1. The highest BCUT2D eigenvalue weighted by molar-refractivity contribution is 6.34. The molecule has 29 heavy (non-hydrogen) atoms. The molecule has 0 atom stereocenters. The summed E-state index contributed by atoms with van der Waals surface area (Å²) in [7, 11) is 0. The van der Waals surface area contributed by atoms with E-state index in [4.69, 9.17) is 22.1 Å². The summed E-state index contributed by atoms with van der Waals surface area (Å²) in [6, 6.07) is 8.05. The Labute approximate surface area is 173 Å². The largest absolute Gasteiger partial charge is 0.478 e. The first-order chi connectivity index (χ1) is 14.0. The zero-order valence-corrected chi connectivity index (χ0v) is 16.6. The monoisotopic (exact) mass is 418 g/mol. The number of hydrogen-bond donors (Lipinski definition) is 3. The number of amides is 1. The van der Waals surface area contributed by atoms with Gasteiger partial charge in [-0.05, 0) is 37.0 Å². The molecule has 0 spiro atoms. The van der Waals surface area contributed by atoms with Gasteiger partial charge >= 0.3 is 5.97 Å². The van der Waals surface area contributed by atoms with Crippen molar-refractivity contribution in [1.29, 1.82) is 0 Å². The lowest BCUT2D eigenvalue weighted by Crippen LogP contribution is -2.36. The summed E-state index contributed by atoms with van der Waals surface area (Å²) >= 11 is 6.04. The average Bonchev–Trinajstić information content (AvgIpc) is 2.73. The summed E-state index contributed by atoms with van der Waals surface area (Å²) in [5.74, 6) is -0.735. The molecule has 3 rings (SSSR count). The van der Waals surface area contributed by atoms with Crippen molar-refractivity contribution in [3.8, 4) is 0 Å². The fraction of sp³-hybridized carbons (Fsp3) is 0.350. The third-order valence-electron chi connectivity index (χ3n) is 4.86. The van der Waals surface area contributed by atoms with E-state index in [-0.39, 0.29) is 12.3 Å². The van der Waals surface area contributed by atoms with Crippen molar-refractivity contribution in [2.24, 2.45) is 11.7 Å². The minimum atomic E-state index is -1.10. The van der Waals surface area contributed by atoms with Crippen LogP contribution in [0.3, 0.4) is 0 Å². The van der Waals surface area contributed by atoms with Gasteiger partial charge in [0.1, 0.15) is 11.4 Å². The van der Waals surface area contributed by atoms with Gasteiger partial charge in [0.2, 0.25) is 0 Å². The Kier molecular flexibility index (Phi) is 7.03. The van der Waals surface area contributed by atoms with E-state index in [1.807, 2.05) is 4.90 Å². The molecule has 1 aliphatic rings. The maximum atomic E-state index is 12.4. The van der Waals surface area contributed by atoms with Gasteiger partial charge in [0.25, 0.3) is 5.91 Å². The van der Waals surface area contributed by atoms with E-state index < -0.39 is 11.9 Å². The molecule has 0 radical (unpaired) electrons. The zero-order valence-electron chi connectivity index (χ0n) is 15.8. The number of hydrogen-bond acceptors (Lipinski definition) is 6. The summed E-state index contributed by atoms with van der Waals surface area (Å²) in [5, 5.41) is 12.6. The third kappa shape index (κ3) is 5.23. The number of carboxylic acid groups (broad SMARTS) is 1. The number of pyridine rings is 1. The van der Waals surface area contributed by atoms with Gasteiger partial charge in [-0.15, -0.1) is 0 Å². The van der Waals surface area contributed by atoms with Crippen molar-refractivity contribution in [2.45, 2.75) is 12.8 Å². The second-order valence-corrected chi connectivity index (χ2v) is 7.21. The number of nitrogens with zero attached hydrogens (tertiary/aromatic N) is 2. The molecule has 154 valence electrons. The van der Waals surface area contributed by atoms with Crippen LogP contribution in [0.4, 0.5) is 11.5 Å². The Bertz CT molecular complexity index is 885. The Morgan fingerprint density at radius 3 is 2.66 bits per heavy atom. The van der Waals surface area contributed by atoms with Gasteiger partial charge < -0.3 is 25.8 Å². The molecule has 1 aromatic carbocycles. The number of ether oxygens (including phenoxy) is 1. The van der Waals surface area contributed by atoms with Crippen LogP contribution in [0, 0.1) is 5.92 Å². The maximum Gasteiger partial charge on any atom is 0.339 e. The molecule has 1 aliphatic heterocycles. The lowest BCUT2D eigenvalue weighted by atomic mass is 9.97. The third-order valence-corrected chi connectivity index (χ3v) is 5.19. The predicted molar refractivity (Wildman–Crippen MR) is 111 cm³/mol. The fourth-order valence-corrected chi connectivity index (χ4v) is 3.55. The highest BCUT2D eigenvalue weighted by Gasteiger charge is 2.24. The second-order valence-electron chi connectivity index (χ2n) is 6.80. The number of piperidine rings is 1. The van der Waals surface area contributed by atoms with Crippen molar-refractivity contribution in [1.82, 2.24) is 4.98 Å². The maximum absolute atomic E-state index is 12.4. The van der Waals surface area contributed by atoms with E-state index in [1.165, 1.54) is 12.3 Å². The van der Waals surface area contributed by atoms with E-state index >= 15 is 0 Å². The second kappa shape index (κ2) is 9.69. The average molecular weight is 419 g/mol. The van der Waals surface area contributed by atoms with Gasteiger partial charge in [0, 0.05) is 13.1 Å². The Morgan fingerprint density at radius 1 is 1.28 bits per heavy atom. The number of rotatable bonds is 7. The number of nitrogens with one attached hydrogen (secondary N) is 1. The van der Waals surface area contributed by atoms with Crippen LogP contribution < -0.4 is 16.0 Å². The Balaban J connectivity index is 1.73. The molecule has 0 aliphatic carbocycles. The van der Waals surface area contributed by atoms with Crippen LogP contribution in [0.5, 0.6) is 0 Å². The summed E-state index contributed by atoms with van der Waals surface area (Å²) in [6.07, 6.45) is 3.19. The number of aromatic carboxylic acids is 1. The van der Waals surface area contributed by atoms with Gasteiger partial charge in [0.05, 0.1) is 35.8 Å². The molecular formula is C20H23ClN4O4. The SMILES string of the molecule is NCOCC1CCN(c2ncc(NC(=O)c3ccccc3Cl)cc2C(=O)O)CC1. The molecule has 1 saturated heterocycles. The summed E-state index contributed by atoms with van der Waals surface area (Å²) in [6.45, 7) is 2.16. The van der Waals surface area contributed by atoms with Crippen LogP contribution in [-0.2, 0) is 4.74 Å². The minimum absolute atomic E-state index is 0.0404. The van der Waals surface area contributed by atoms with Crippen molar-refractivity contribution in [2.75, 3.05) is 36.6 Å².